The molecule has 0 aliphatic heterocycles. The van der Waals surface area contributed by atoms with Crippen molar-refractivity contribution in [2.24, 2.45) is 5.92 Å². The number of hydrogen-bond acceptors (Lipinski definition) is 3. The molecular weight excluding hydrogens is 378 g/mol. The van der Waals surface area contributed by atoms with Crippen molar-refractivity contribution in [3.05, 3.63) is 88.6 Å². The Morgan fingerprint density at radius 2 is 1.87 bits per heavy atom. The summed E-state index contributed by atoms with van der Waals surface area (Å²) in [6, 6.07) is 14.6. The van der Waals surface area contributed by atoms with E-state index in [1.807, 2.05) is 36.4 Å². The highest BCUT2D eigenvalue weighted by Gasteiger charge is 2.15. The fourth-order valence-electron chi connectivity index (χ4n) is 3.42. The van der Waals surface area contributed by atoms with Crippen molar-refractivity contribution in [1.82, 2.24) is 14.3 Å². The quantitative estimate of drug-likeness (QED) is 0.541. The van der Waals surface area contributed by atoms with Crippen LogP contribution in [0.1, 0.15) is 42.0 Å². The van der Waals surface area contributed by atoms with Crippen LogP contribution < -0.4 is 5.69 Å². The summed E-state index contributed by atoms with van der Waals surface area (Å²) in [4.78, 5) is 24.4. The highest BCUT2D eigenvalue weighted by atomic mass is 16.4. The number of aryl methyl sites for hydroxylation is 1. The second kappa shape index (κ2) is 9.39. The third-order valence-electron chi connectivity index (χ3n) is 4.87. The van der Waals surface area contributed by atoms with E-state index in [0.29, 0.717) is 31.0 Å². The molecule has 0 spiro atoms. The van der Waals surface area contributed by atoms with Gasteiger partial charge in [0.15, 0.2) is 0 Å². The molecule has 3 rings (SSSR count). The minimum atomic E-state index is -0.953. The van der Waals surface area contributed by atoms with Crippen LogP contribution in [0.4, 0.5) is 0 Å². The molecule has 0 atom stereocenters. The van der Waals surface area contributed by atoms with Crippen LogP contribution in [0.5, 0.6) is 0 Å². The first-order chi connectivity index (χ1) is 14.4. The number of rotatable bonds is 9. The smallest absolute Gasteiger partial charge is 0.346 e. The molecule has 0 aliphatic rings. The lowest BCUT2D eigenvalue weighted by Gasteiger charge is -2.09. The van der Waals surface area contributed by atoms with Gasteiger partial charge in [-0.25, -0.2) is 14.3 Å². The number of aromatic nitrogens is 3. The van der Waals surface area contributed by atoms with Gasteiger partial charge in [0.2, 0.25) is 0 Å². The molecule has 1 heterocycles. The molecule has 156 valence electrons. The highest BCUT2D eigenvalue weighted by molar-refractivity contribution is 5.95. The largest absolute Gasteiger partial charge is 0.478 e. The third-order valence-corrected chi connectivity index (χ3v) is 4.87. The predicted octanol–water partition coefficient (Wildman–Crippen LogP) is 4.23. The number of nitrogens with zero attached hydrogens (tertiary/aromatic N) is 3. The van der Waals surface area contributed by atoms with Gasteiger partial charge in [-0.3, -0.25) is 4.57 Å². The summed E-state index contributed by atoms with van der Waals surface area (Å²) in [5.74, 6) is 0.124. The molecule has 1 N–H and O–H groups in total. The van der Waals surface area contributed by atoms with Crippen LogP contribution in [0.2, 0.25) is 0 Å². The monoisotopic (exact) mass is 405 g/mol. The van der Waals surface area contributed by atoms with Gasteiger partial charge in [0.1, 0.15) is 5.82 Å². The Hall–Kier alpha value is -3.41. The van der Waals surface area contributed by atoms with Gasteiger partial charge in [-0.1, -0.05) is 62.4 Å². The van der Waals surface area contributed by atoms with Crippen LogP contribution in [0, 0.1) is 5.92 Å². The molecule has 0 fully saturated rings. The van der Waals surface area contributed by atoms with E-state index in [2.05, 4.69) is 25.5 Å². The Morgan fingerprint density at radius 1 is 1.17 bits per heavy atom. The summed E-state index contributed by atoms with van der Waals surface area (Å²) in [5.41, 5.74) is 2.61. The molecule has 0 saturated carbocycles. The molecule has 6 heteroatoms. The number of hydrogen-bond donors (Lipinski definition) is 1. The molecule has 2 aromatic carbocycles. The number of aromatic carboxylic acids is 1. The van der Waals surface area contributed by atoms with E-state index in [-0.39, 0.29) is 11.3 Å². The van der Waals surface area contributed by atoms with Crippen molar-refractivity contribution in [1.29, 1.82) is 0 Å². The summed E-state index contributed by atoms with van der Waals surface area (Å²) >= 11 is 0. The Labute approximate surface area is 176 Å². The Morgan fingerprint density at radius 3 is 2.50 bits per heavy atom. The fourth-order valence-corrected chi connectivity index (χ4v) is 3.42. The zero-order valence-electron chi connectivity index (χ0n) is 17.4. The Bertz CT molecular complexity index is 1090. The van der Waals surface area contributed by atoms with Gasteiger partial charge in [-0.15, -0.1) is 6.58 Å². The third kappa shape index (κ3) is 4.76. The molecule has 0 aliphatic carbocycles. The van der Waals surface area contributed by atoms with E-state index >= 15 is 0 Å². The van der Waals surface area contributed by atoms with E-state index in [0.717, 1.165) is 23.4 Å². The fraction of sp³-hybridized carbons (Fsp3) is 0.292. The molecule has 0 saturated heterocycles. The number of allylic oxidation sites excluding steroid dienone is 1. The molecule has 0 unspecified atom stereocenters. The molecule has 0 bridgehead atoms. The van der Waals surface area contributed by atoms with Gasteiger partial charge in [-0.2, -0.15) is 5.10 Å². The van der Waals surface area contributed by atoms with Crippen molar-refractivity contribution in [2.45, 2.75) is 39.8 Å². The molecule has 0 amide bonds. The van der Waals surface area contributed by atoms with Crippen molar-refractivity contribution in [3.63, 3.8) is 0 Å². The molecule has 0 radical (unpaired) electrons. The molecule has 6 nitrogen and oxygen atoms in total. The maximum atomic E-state index is 12.9. The lowest BCUT2D eigenvalue weighted by molar-refractivity contribution is 0.0697. The normalized spacial score (nSPS) is 11.0. The highest BCUT2D eigenvalue weighted by Crippen LogP contribution is 2.24. The summed E-state index contributed by atoms with van der Waals surface area (Å²) in [7, 11) is 0. The zero-order valence-corrected chi connectivity index (χ0v) is 17.4. The van der Waals surface area contributed by atoms with Gasteiger partial charge in [0.05, 0.1) is 12.1 Å². The number of carboxylic acid groups (broad SMARTS) is 1. The van der Waals surface area contributed by atoms with Gasteiger partial charge in [-0.05, 0) is 35.1 Å². The summed E-state index contributed by atoms with van der Waals surface area (Å²) in [5, 5.41) is 14.0. The summed E-state index contributed by atoms with van der Waals surface area (Å²) in [6.07, 6.45) is 3.24. The van der Waals surface area contributed by atoms with Crippen LogP contribution in [-0.4, -0.2) is 25.4 Å². The molecule has 30 heavy (non-hydrogen) atoms. The maximum Gasteiger partial charge on any atom is 0.346 e. The van der Waals surface area contributed by atoms with Crippen molar-refractivity contribution in [2.75, 3.05) is 0 Å². The van der Waals surface area contributed by atoms with Crippen LogP contribution in [-0.2, 0) is 19.5 Å². The first kappa shape index (κ1) is 21.3. The number of benzene rings is 2. The van der Waals surface area contributed by atoms with Gasteiger partial charge in [0.25, 0.3) is 0 Å². The molecular formula is C24H27N3O3. The minimum Gasteiger partial charge on any atom is -0.478 e. The Kier molecular flexibility index (Phi) is 6.67. The van der Waals surface area contributed by atoms with E-state index < -0.39 is 5.97 Å². The summed E-state index contributed by atoms with van der Waals surface area (Å²) < 4.78 is 3.26. The second-order valence-electron chi connectivity index (χ2n) is 7.74. The van der Waals surface area contributed by atoms with Crippen molar-refractivity contribution >= 4 is 5.97 Å². The predicted molar refractivity (Wildman–Crippen MR) is 118 cm³/mol. The lowest BCUT2D eigenvalue weighted by Crippen LogP contribution is -2.27. The van der Waals surface area contributed by atoms with E-state index in [4.69, 9.17) is 0 Å². The Balaban J connectivity index is 1.90. The molecule has 1 aromatic heterocycles. The number of carbonyl (C=O) groups is 1. The van der Waals surface area contributed by atoms with Crippen LogP contribution in [0.25, 0.3) is 11.1 Å². The average molecular weight is 405 g/mol. The average Bonchev–Trinajstić information content (AvgIpc) is 3.01. The SMILES string of the molecule is C=CCCc1nn(CC(C)C)c(=O)n1Cc1ccc(-c2ccccc2C(=O)O)cc1. The topological polar surface area (TPSA) is 77.1 Å². The van der Waals surface area contributed by atoms with E-state index in [1.54, 1.807) is 27.4 Å². The number of carboxylic acids is 1. The van der Waals surface area contributed by atoms with Gasteiger partial charge in [0, 0.05) is 13.0 Å². The maximum absolute atomic E-state index is 12.9. The summed E-state index contributed by atoms with van der Waals surface area (Å²) in [6.45, 7) is 8.88. The van der Waals surface area contributed by atoms with E-state index in [9.17, 15) is 14.7 Å². The van der Waals surface area contributed by atoms with Crippen molar-refractivity contribution < 1.29 is 9.90 Å². The lowest BCUT2D eigenvalue weighted by atomic mass is 9.99. The minimum absolute atomic E-state index is 0.108. The second-order valence-corrected chi connectivity index (χ2v) is 7.74. The van der Waals surface area contributed by atoms with Crippen LogP contribution >= 0.6 is 0 Å². The molecule has 3 aromatic rings. The first-order valence-corrected chi connectivity index (χ1v) is 10.1. The zero-order chi connectivity index (χ0) is 21.7. The van der Waals surface area contributed by atoms with Crippen molar-refractivity contribution in [3.8, 4) is 11.1 Å². The van der Waals surface area contributed by atoms with Crippen LogP contribution in [0.15, 0.2) is 66.0 Å². The van der Waals surface area contributed by atoms with Crippen LogP contribution in [0.3, 0.4) is 0 Å². The van der Waals surface area contributed by atoms with Gasteiger partial charge >= 0.3 is 11.7 Å². The van der Waals surface area contributed by atoms with Gasteiger partial charge < -0.3 is 5.11 Å². The van der Waals surface area contributed by atoms with E-state index in [1.165, 1.54) is 0 Å². The first-order valence-electron chi connectivity index (χ1n) is 10.1. The standard InChI is InChI=1S/C24H27N3O3/c1-4-5-10-22-25-27(15-17(2)3)24(30)26(22)16-18-11-13-19(14-12-18)20-8-6-7-9-21(20)23(28)29/h4,6-9,11-14,17H,1,5,10,15-16H2,2-3H3,(H,28,29).